The minimum Gasteiger partial charge on any atom is -0.481 e. The second-order valence-corrected chi connectivity index (χ2v) is 7.46. The van der Waals surface area contributed by atoms with E-state index in [0.29, 0.717) is 12.5 Å². The van der Waals surface area contributed by atoms with Gasteiger partial charge in [0.1, 0.15) is 0 Å². The third-order valence-corrected chi connectivity index (χ3v) is 5.53. The second-order valence-electron chi connectivity index (χ2n) is 4.37. The maximum absolute atomic E-state index is 11.8. The quantitative estimate of drug-likeness (QED) is 0.709. The predicted molar refractivity (Wildman–Crippen MR) is 71.9 cm³/mol. The molecule has 0 bridgehead atoms. The molecule has 0 radical (unpaired) electrons. The molecule has 1 aliphatic heterocycles. The van der Waals surface area contributed by atoms with Crippen LogP contribution in [0.25, 0.3) is 0 Å². The minimum absolute atomic E-state index is 0.00874. The lowest BCUT2D eigenvalue weighted by Crippen LogP contribution is -2.41. The lowest BCUT2D eigenvalue weighted by Gasteiger charge is -2.23. The molecular formula is C10H20N2O4S2. The average molecular weight is 296 g/mol. The first-order chi connectivity index (χ1) is 8.42. The van der Waals surface area contributed by atoms with Crippen molar-refractivity contribution in [2.45, 2.75) is 19.3 Å². The summed E-state index contributed by atoms with van der Waals surface area (Å²) in [4.78, 5) is 10.4. The van der Waals surface area contributed by atoms with Crippen LogP contribution in [-0.2, 0) is 15.0 Å². The van der Waals surface area contributed by atoms with Crippen LogP contribution < -0.4 is 4.72 Å². The lowest BCUT2D eigenvalue weighted by atomic mass is 10.0. The molecule has 0 aromatic carbocycles. The Morgan fingerprint density at radius 2 is 2.06 bits per heavy atom. The van der Waals surface area contributed by atoms with Gasteiger partial charge in [0, 0.05) is 20.1 Å². The standard InChI is InChI=1S/C10H20N2O4S2/c1-12(5-2-10(13)14)18(15,16)11-8-9-3-6-17-7-4-9/h9,11H,2-8H2,1H3,(H,13,14). The molecule has 106 valence electrons. The van der Waals surface area contributed by atoms with E-state index in [1.807, 2.05) is 11.8 Å². The fourth-order valence-corrected chi connectivity index (χ4v) is 3.86. The molecule has 8 heteroatoms. The number of nitrogens with zero attached hydrogens (tertiary/aromatic N) is 1. The molecule has 2 N–H and O–H groups in total. The minimum atomic E-state index is -3.54. The highest BCUT2D eigenvalue weighted by atomic mass is 32.2. The van der Waals surface area contributed by atoms with Gasteiger partial charge < -0.3 is 5.11 Å². The average Bonchev–Trinajstić information content (AvgIpc) is 2.34. The van der Waals surface area contributed by atoms with E-state index in [9.17, 15) is 13.2 Å². The van der Waals surface area contributed by atoms with Gasteiger partial charge in [0.2, 0.25) is 0 Å². The summed E-state index contributed by atoms with van der Waals surface area (Å²) in [5, 5.41) is 8.52. The number of hydrogen-bond donors (Lipinski definition) is 2. The van der Waals surface area contributed by atoms with Crippen molar-refractivity contribution in [2.75, 3.05) is 31.6 Å². The molecule has 18 heavy (non-hydrogen) atoms. The summed E-state index contributed by atoms with van der Waals surface area (Å²) in [6, 6.07) is 0. The molecule has 1 aliphatic rings. The number of nitrogens with one attached hydrogen (secondary N) is 1. The number of carbonyl (C=O) groups is 1. The molecule has 0 aromatic heterocycles. The largest absolute Gasteiger partial charge is 0.481 e. The Kier molecular flexibility index (Phi) is 6.40. The number of hydrogen-bond acceptors (Lipinski definition) is 4. The molecule has 0 aromatic rings. The molecular weight excluding hydrogens is 276 g/mol. The molecule has 0 spiro atoms. The van der Waals surface area contributed by atoms with Crippen molar-refractivity contribution in [1.82, 2.24) is 9.03 Å². The van der Waals surface area contributed by atoms with Gasteiger partial charge in [0.25, 0.3) is 10.2 Å². The molecule has 0 aliphatic carbocycles. The van der Waals surface area contributed by atoms with Crippen LogP contribution in [0.15, 0.2) is 0 Å². The normalized spacial score (nSPS) is 18.1. The SMILES string of the molecule is CN(CCC(=O)O)S(=O)(=O)NCC1CCSCC1. The third kappa shape index (κ3) is 5.55. The summed E-state index contributed by atoms with van der Waals surface area (Å²) >= 11 is 1.90. The molecule has 1 fully saturated rings. The number of carboxylic acids is 1. The van der Waals surface area contributed by atoms with Crippen LogP contribution in [0, 0.1) is 5.92 Å². The number of carboxylic acid groups (broad SMARTS) is 1. The molecule has 1 saturated heterocycles. The Labute approximate surface area is 112 Å². The Hall–Kier alpha value is -0.310. The first kappa shape index (κ1) is 15.7. The highest BCUT2D eigenvalue weighted by Crippen LogP contribution is 2.22. The van der Waals surface area contributed by atoms with Crippen LogP contribution in [0.5, 0.6) is 0 Å². The fourth-order valence-electron chi connectivity index (χ4n) is 1.66. The number of aliphatic carboxylic acids is 1. The van der Waals surface area contributed by atoms with Crippen molar-refractivity contribution in [2.24, 2.45) is 5.92 Å². The zero-order valence-corrected chi connectivity index (χ0v) is 12.1. The van der Waals surface area contributed by atoms with Crippen molar-refractivity contribution in [3.05, 3.63) is 0 Å². The lowest BCUT2D eigenvalue weighted by molar-refractivity contribution is -0.137. The molecule has 1 heterocycles. The van der Waals surface area contributed by atoms with E-state index in [2.05, 4.69) is 4.72 Å². The smallest absolute Gasteiger partial charge is 0.304 e. The van der Waals surface area contributed by atoms with Gasteiger partial charge in [-0.2, -0.15) is 24.5 Å². The van der Waals surface area contributed by atoms with E-state index in [4.69, 9.17) is 5.11 Å². The van der Waals surface area contributed by atoms with Crippen LogP contribution in [0.3, 0.4) is 0 Å². The van der Waals surface area contributed by atoms with Gasteiger partial charge in [-0.15, -0.1) is 0 Å². The topological polar surface area (TPSA) is 86.7 Å². The van der Waals surface area contributed by atoms with Crippen molar-refractivity contribution in [1.29, 1.82) is 0 Å². The highest BCUT2D eigenvalue weighted by molar-refractivity contribution is 7.99. The van der Waals surface area contributed by atoms with Gasteiger partial charge in [-0.1, -0.05) is 0 Å². The Morgan fingerprint density at radius 1 is 1.44 bits per heavy atom. The summed E-state index contributed by atoms with van der Waals surface area (Å²) in [5.74, 6) is 1.57. The maximum Gasteiger partial charge on any atom is 0.304 e. The van der Waals surface area contributed by atoms with Gasteiger partial charge in [0.15, 0.2) is 0 Å². The number of rotatable bonds is 7. The summed E-state index contributed by atoms with van der Waals surface area (Å²) in [6.07, 6.45) is 1.88. The summed E-state index contributed by atoms with van der Waals surface area (Å²) < 4.78 is 27.2. The van der Waals surface area contributed by atoms with E-state index in [1.165, 1.54) is 7.05 Å². The van der Waals surface area contributed by atoms with Crippen molar-refractivity contribution in [3.63, 3.8) is 0 Å². The van der Waals surface area contributed by atoms with Gasteiger partial charge in [0.05, 0.1) is 6.42 Å². The molecule has 1 rings (SSSR count). The van der Waals surface area contributed by atoms with Crippen LogP contribution in [-0.4, -0.2) is 55.4 Å². The van der Waals surface area contributed by atoms with E-state index >= 15 is 0 Å². The van der Waals surface area contributed by atoms with Gasteiger partial charge >= 0.3 is 5.97 Å². The van der Waals surface area contributed by atoms with Crippen LogP contribution in [0.2, 0.25) is 0 Å². The Balaban J connectivity index is 2.35. The van der Waals surface area contributed by atoms with Crippen LogP contribution >= 0.6 is 11.8 Å². The number of thioether (sulfide) groups is 1. The molecule has 0 amide bonds. The van der Waals surface area contributed by atoms with E-state index in [-0.39, 0.29) is 13.0 Å². The zero-order chi connectivity index (χ0) is 13.6. The zero-order valence-electron chi connectivity index (χ0n) is 10.5. The molecule has 0 atom stereocenters. The molecule has 6 nitrogen and oxygen atoms in total. The first-order valence-electron chi connectivity index (χ1n) is 5.92. The van der Waals surface area contributed by atoms with E-state index in [1.54, 1.807) is 0 Å². The molecule has 0 saturated carbocycles. The summed E-state index contributed by atoms with van der Waals surface area (Å²) in [7, 11) is -2.15. The van der Waals surface area contributed by atoms with Crippen molar-refractivity contribution >= 4 is 27.9 Å². The Morgan fingerprint density at radius 3 is 2.61 bits per heavy atom. The summed E-state index contributed by atoms with van der Waals surface area (Å²) in [5.41, 5.74) is 0. The van der Waals surface area contributed by atoms with Crippen molar-refractivity contribution < 1.29 is 18.3 Å². The monoisotopic (exact) mass is 296 g/mol. The maximum atomic E-state index is 11.8. The Bertz CT molecular complexity index is 366. The second kappa shape index (κ2) is 7.32. The van der Waals surface area contributed by atoms with Gasteiger partial charge in [-0.3, -0.25) is 4.79 Å². The third-order valence-electron chi connectivity index (χ3n) is 2.95. The predicted octanol–water partition coefficient (Wildman–Crippen LogP) is 0.370. The van der Waals surface area contributed by atoms with Crippen LogP contribution in [0.4, 0.5) is 0 Å². The first-order valence-corrected chi connectivity index (χ1v) is 8.52. The van der Waals surface area contributed by atoms with Crippen molar-refractivity contribution in [3.8, 4) is 0 Å². The fraction of sp³-hybridized carbons (Fsp3) is 0.900. The van der Waals surface area contributed by atoms with Gasteiger partial charge in [-0.25, -0.2) is 4.72 Å². The summed E-state index contributed by atoms with van der Waals surface area (Å²) in [6.45, 7) is 0.436. The van der Waals surface area contributed by atoms with E-state index in [0.717, 1.165) is 28.7 Å². The van der Waals surface area contributed by atoms with Gasteiger partial charge in [-0.05, 0) is 30.3 Å². The molecule has 0 unspecified atom stereocenters. The van der Waals surface area contributed by atoms with E-state index < -0.39 is 16.2 Å². The highest BCUT2D eigenvalue weighted by Gasteiger charge is 2.21. The van der Waals surface area contributed by atoms with Crippen LogP contribution in [0.1, 0.15) is 19.3 Å².